The summed E-state index contributed by atoms with van der Waals surface area (Å²) in [5.41, 5.74) is 6.16. The number of ether oxygens (including phenoxy) is 1. The number of hydrogen-bond donors (Lipinski definition) is 2. The van der Waals surface area contributed by atoms with Gasteiger partial charge in [-0.1, -0.05) is 0 Å². The Bertz CT molecular complexity index is 397. The van der Waals surface area contributed by atoms with Crippen molar-refractivity contribution in [2.24, 2.45) is 10.7 Å². The number of nitrogens with zero attached hydrogens (tertiary/aromatic N) is 3. The van der Waals surface area contributed by atoms with E-state index in [2.05, 4.69) is 15.4 Å². The molecular formula is C10H15N5O. The Hall–Kier alpha value is -1.66. The third-order valence-corrected chi connectivity index (χ3v) is 2.41. The van der Waals surface area contributed by atoms with Crippen LogP contribution in [-0.2, 0) is 16.9 Å². The van der Waals surface area contributed by atoms with Crippen LogP contribution in [0.15, 0.2) is 29.7 Å². The van der Waals surface area contributed by atoms with Crippen molar-refractivity contribution in [1.82, 2.24) is 15.1 Å². The molecule has 0 fully saturated rings. The second-order valence-electron chi connectivity index (χ2n) is 3.57. The van der Waals surface area contributed by atoms with E-state index in [0.717, 1.165) is 5.56 Å². The van der Waals surface area contributed by atoms with Crippen LogP contribution in [0, 0.1) is 0 Å². The highest BCUT2D eigenvalue weighted by molar-refractivity contribution is 5.59. The van der Waals surface area contributed by atoms with Gasteiger partial charge in [0.15, 0.2) is 5.66 Å². The fourth-order valence-electron chi connectivity index (χ4n) is 1.45. The van der Waals surface area contributed by atoms with Gasteiger partial charge in [0, 0.05) is 25.1 Å². The van der Waals surface area contributed by atoms with Gasteiger partial charge in [-0.25, -0.2) is 4.99 Å². The molecule has 1 aliphatic heterocycles. The summed E-state index contributed by atoms with van der Waals surface area (Å²) in [7, 11) is 1.66. The molecule has 6 nitrogen and oxygen atoms in total. The third kappa shape index (κ3) is 2.12. The maximum Gasteiger partial charge on any atom is 0.159 e. The average Bonchev–Trinajstić information content (AvgIpc) is 2.77. The van der Waals surface area contributed by atoms with Crippen LogP contribution in [0.1, 0.15) is 5.56 Å². The van der Waals surface area contributed by atoms with Crippen molar-refractivity contribution in [3.63, 3.8) is 0 Å². The first-order chi connectivity index (χ1) is 7.74. The summed E-state index contributed by atoms with van der Waals surface area (Å²) in [6.07, 6.45) is 8.74. The summed E-state index contributed by atoms with van der Waals surface area (Å²) >= 11 is 0. The maximum absolute atomic E-state index is 6.11. The zero-order valence-electron chi connectivity index (χ0n) is 9.13. The Morgan fingerprint density at radius 2 is 2.50 bits per heavy atom. The topological polar surface area (TPSA) is 77.5 Å². The molecule has 1 atom stereocenters. The lowest BCUT2D eigenvalue weighted by Gasteiger charge is -2.21. The molecule has 2 heterocycles. The Morgan fingerprint density at radius 3 is 3.19 bits per heavy atom. The van der Waals surface area contributed by atoms with E-state index in [1.807, 2.05) is 6.20 Å². The van der Waals surface area contributed by atoms with Crippen LogP contribution in [0.3, 0.4) is 0 Å². The minimum Gasteiger partial charge on any atom is -0.383 e. The van der Waals surface area contributed by atoms with Crippen LogP contribution in [-0.4, -0.2) is 29.8 Å². The molecule has 0 aliphatic carbocycles. The van der Waals surface area contributed by atoms with Crippen molar-refractivity contribution in [3.8, 4) is 0 Å². The third-order valence-electron chi connectivity index (χ3n) is 2.41. The lowest BCUT2D eigenvalue weighted by Crippen LogP contribution is -2.35. The number of methoxy groups -OCH3 is 1. The number of nitrogens with one attached hydrogen (secondary N) is 1. The molecule has 1 aromatic rings. The van der Waals surface area contributed by atoms with Gasteiger partial charge in [-0.2, -0.15) is 5.10 Å². The SMILES string of the molecule is COCCn1cc(C2(N)C=CNC=N2)cn1. The van der Waals surface area contributed by atoms with Crippen molar-refractivity contribution >= 4 is 6.34 Å². The van der Waals surface area contributed by atoms with Crippen LogP contribution in [0.4, 0.5) is 0 Å². The van der Waals surface area contributed by atoms with Gasteiger partial charge in [-0.3, -0.25) is 10.4 Å². The second-order valence-corrected chi connectivity index (χ2v) is 3.57. The Kier molecular flexibility index (Phi) is 3.02. The molecule has 0 saturated carbocycles. The van der Waals surface area contributed by atoms with Crippen molar-refractivity contribution < 1.29 is 4.74 Å². The van der Waals surface area contributed by atoms with E-state index < -0.39 is 5.66 Å². The van der Waals surface area contributed by atoms with Gasteiger partial charge in [0.05, 0.1) is 25.7 Å². The molecule has 3 N–H and O–H groups in total. The number of nitrogens with two attached hydrogens (primary N) is 1. The average molecular weight is 221 g/mol. The molecule has 0 saturated heterocycles. The zero-order valence-corrected chi connectivity index (χ0v) is 9.13. The fraction of sp³-hybridized carbons (Fsp3) is 0.400. The van der Waals surface area contributed by atoms with E-state index in [0.29, 0.717) is 13.2 Å². The second kappa shape index (κ2) is 4.46. The monoisotopic (exact) mass is 221 g/mol. The molecule has 2 rings (SSSR count). The van der Waals surface area contributed by atoms with Crippen LogP contribution in [0.2, 0.25) is 0 Å². The number of aliphatic imine (C=N–C) groups is 1. The molecule has 1 aromatic heterocycles. The van der Waals surface area contributed by atoms with E-state index in [1.54, 1.807) is 36.6 Å². The van der Waals surface area contributed by atoms with Crippen LogP contribution >= 0.6 is 0 Å². The van der Waals surface area contributed by atoms with Gasteiger partial charge in [0.2, 0.25) is 0 Å². The summed E-state index contributed by atoms with van der Waals surface area (Å²) in [5, 5.41) is 7.05. The Morgan fingerprint density at radius 1 is 1.62 bits per heavy atom. The standard InChI is InChI=1S/C10H15N5O/c1-16-5-4-15-7-9(6-14-15)10(11)2-3-12-8-13-10/h2-3,6-8H,4-5,11H2,1H3,(H,12,13). The highest BCUT2D eigenvalue weighted by atomic mass is 16.5. The van der Waals surface area contributed by atoms with Gasteiger partial charge in [0.1, 0.15) is 0 Å². The minimum atomic E-state index is -0.809. The van der Waals surface area contributed by atoms with Gasteiger partial charge in [-0.05, 0) is 6.08 Å². The summed E-state index contributed by atoms with van der Waals surface area (Å²) in [5.74, 6) is 0. The van der Waals surface area contributed by atoms with E-state index in [-0.39, 0.29) is 0 Å². The van der Waals surface area contributed by atoms with Gasteiger partial charge in [0.25, 0.3) is 0 Å². The van der Waals surface area contributed by atoms with Gasteiger partial charge in [-0.15, -0.1) is 0 Å². The first-order valence-corrected chi connectivity index (χ1v) is 5.03. The molecule has 1 aliphatic rings. The molecule has 0 spiro atoms. The van der Waals surface area contributed by atoms with Crippen LogP contribution in [0.5, 0.6) is 0 Å². The quantitative estimate of drug-likeness (QED) is 0.737. The Balaban J connectivity index is 2.14. The van der Waals surface area contributed by atoms with Crippen LogP contribution < -0.4 is 11.1 Å². The smallest absolute Gasteiger partial charge is 0.159 e. The highest BCUT2D eigenvalue weighted by Gasteiger charge is 2.25. The first kappa shape index (κ1) is 10.8. The predicted octanol–water partition coefficient (Wildman–Crippen LogP) is -0.214. The fourth-order valence-corrected chi connectivity index (χ4v) is 1.45. The van der Waals surface area contributed by atoms with Crippen molar-refractivity contribution in [2.75, 3.05) is 13.7 Å². The molecular weight excluding hydrogens is 206 g/mol. The first-order valence-electron chi connectivity index (χ1n) is 5.03. The van der Waals surface area contributed by atoms with Gasteiger partial charge >= 0.3 is 0 Å². The minimum absolute atomic E-state index is 0.624. The molecule has 0 radical (unpaired) electrons. The zero-order chi connectivity index (χ0) is 11.4. The maximum atomic E-state index is 6.11. The largest absolute Gasteiger partial charge is 0.383 e. The normalized spacial score (nSPS) is 23.4. The number of hydrogen-bond acceptors (Lipinski definition) is 5. The summed E-state index contributed by atoms with van der Waals surface area (Å²) < 4.78 is 6.77. The van der Waals surface area contributed by atoms with Crippen molar-refractivity contribution in [3.05, 3.63) is 30.2 Å². The number of rotatable bonds is 4. The van der Waals surface area contributed by atoms with E-state index in [1.165, 1.54) is 0 Å². The molecule has 1 unspecified atom stereocenters. The van der Waals surface area contributed by atoms with E-state index in [9.17, 15) is 0 Å². The van der Waals surface area contributed by atoms with Crippen LogP contribution in [0.25, 0.3) is 0 Å². The lowest BCUT2D eigenvalue weighted by atomic mass is 10.1. The van der Waals surface area contributed by atoms with Crippen molar-refractivity contribution in [2.45, 2.75) is 12.2 Å². The molecule has 0 amide bonds. The number of aromatic nitrogens is 2. The molecule has 6 heteroatoms. The van der Waals surface area contributed by atoms with Crippen molar-refractivity contribution in [1.29, 1.82) is 0 Å². The summed E-state index contributed by atoms with van der Waals surface area (Å²) in [6.45, 7) is 1.33. The lowest BCUT2D eigenvalue weighted by molar-refractivity contribution is 0.183. The summed E-state index contributed by atoms with van der Waals surface area (Å²) in [6, 6.07) is 0. The Labute approximate surface area is 93.8 Å². The predicted molar refractivity (Wildman–Crippen MR) is 60.7 cm³/mol. The molecule has 16 heavy (non-hydrogen) atoms. The molecule has 86 valence electrons. The summed E-state index contributed by atoms with van der Waals surface area (Å²) in [4.78, 5) is 4.20. The molecule has 0 aromatic carbocycles. The highest BCUT2D eigenvalue weighted by Crippen LogP contribution is 2.21. The van der Waals surface area contributed by atoms with E-state index in [4.69, 9.17) is 10.5 Å². The molecule has 0 bridgehead atoms. The van der Waals surface area contributed by atoms with Gasteiger partial charge < -0.3 is 10.1 Å². The van der Waals surface area contributed by atoms with E-state index >= 15 is 0 Å².